The molecule has 1 aromatic carbocycles. The van der Waals surface area contributed by atoms with E-state index in [1.54, 1.807) is 0 Å². The van der Waals surface area contributed by atoms with Crippen LogP contribution < -0.4 is 4.72 Å². The van der Waals surface area contributed by atoms with Crippen LogP contribution in [-0.4, -0.2) is 5.37 Å². The quantitative estimate of drug-likeness (QED) is 0.745. The van der Waals surface area contributed by atoms with Crippen LogP contribution in [0.2, 0.25) is 0 Å². The molecule has 1 atom stereocenters. The van der Waals surface area contributed by atoms with Gasteiger partial charge in [-0.05, 0) is 16.3 Å². The van der Waals surface area contributed by atoms with Gasteiger partial charge >= 0.3 is 0 Å². The second kappa shape index (κ2) is 4.94. The van der Waals surface area contributed by atoms with E-state index in [2.05, 4.69) is 51.9 Å². The summed E-state index contributed by atoms with van der Waals surface area (Å²) in [4.78, 5) is 0. The Hall–Kier alpha value is -1.12. The van der Waals surface area contributed by atoms with E-state index in [-0.39, 0.29) is 10.7 Å². The number of rotatable bonds is 3. The summed E-state index contributed by atoms with van der Waals surface area (Å²) >= 11 is 0. The topological polar surface area (TPSA) is 12.0 Å². The van der Waals surface area contributed by atoms with Gasteiger partial charge in [-0.15, -0.1) is 0 Å². The summed E-state index contributed by atoms with van der Waals surface area (Å²) in [6, 6.07) is 10.5. The molecule has 2 heteroatoms. The Kier molecular flexibility index (Phi) is 3.33. The van der Waals surface area contributed by atoms with Crippen LogP contribution in [0.3, 0.4) is 0 Å². The SMILES string of the molecule is C1=CC=S(NCc2ccccc2)C=C1. The van der Waals surface area contributed by atoms with Gasteiger partial charge < -0.3 is 0 Å². The molecule has 2 rings (SSSR count). The maximum Gasteiger partial charge on any atom is 0.0308 e. The zero-order valence-corrected chi connectivity index (χ0v) is 8.71. The second-order valence-electron chi connectivity index (χ2n) is 3.03. The molecule has 0 bridgehead atoms. The maximum absolute atomic E-state index is 3.47. The number of hydrogen-bond donors (Lipinski definition) is 1. The van der Waals surface area contributed by atoms with E-state index in [1.807, 2.05) is 12.1 Å². The largest absolute Gasteiger partial charge is 0.262 e. The molecule has 1 aromatic rings. The summed E-state index contributed by atoms with van der Waals surface area (Å²) in [5.41, 5.74) is 1.33. The van der Waals surface area contributed by atoms with Crippen LogP contribution in [0.15, 0.2) is 54.0 Å². The van der Waals surface area contributed by atoms with Gasteiger partial charge in [-0.3, -0.25) is 4.72 Å². The lowest BCUT2D eigenvalue weighted by molar-refractivity contribution is 0.980. The van der Waals surface area contributed by atoms with E-state index in [9.17, 15) is 0 Å². The van der Waals surface area contributed by atoms with E-state index in [0.717, 1.165) is 6.54 Å². The molecule has 0 aromatic heterocycles. The van der Waals surface area contributed by atoms with Crippen LogP contribution in [0, 0.1) is 0 Å². The van der Waals surface area contributed by atoms with Crippen molar-refractivity contribution in [2.45, 2.75) is 6.54 Å². The molecule has 0 fully saturated rings. The predicted molar refractivity (Wildman–Crippen MR) is 65.2 cm³/mol. The predicted octanol–water partition coefficient (Wildman–Crippen LogP) is 2.85. The molecule has 1 nitrogen and oxygen atoms in total. The van der Waals surface area contributed by atoms with E-state index in [1.165, 1.54) is 5.56 Å². The summed E-state index contributed by atoms with van der Waals surface area (Å²) in [5, 5.41) is 4.37. The molecule has 1 unspecified atom stereocenters. The van der Waals surface area contributed by atoms with Crippen LogP contribution >= 0.6 is 10.7 Å². The van der Waals surface area contributed by atoms with Gasteiger partial charge in [0.1, 0.15) is 0 Å². The standard InChI is InChI=1S/C12H13NS/c1-3-7-12(8-4-1)11-13-14-9-5-2-6-10-14/h1-10,13H,11H2. The van der Waals surface area contributed by atoms with Gasteiger partial charge in [-0.2, -0.15) is 0 Å². The third-order valence-electron chi connectivity index (χ3n) is 1.96. The van der Waals surface area contributed by atoms with Crippen LogP contribution in [0.25, 0.3) is 0 Å². The molecule has 1 aliphatic rings. The number of benzene rings is 1. The van der Waals surface area contributed by atoms with Gasteiger partial charge in [0, 0.05) is 6.54 Å². The smallest absolute Gasteiger partial charge is 0.0308 e. The van der Waals surface area contributed by atoms with Crippen LogP contribution in [0.4, 0.5) is 0 Å². The van der Waals surface area contributed by atoms with Gasteiger partial charge in [0.05, 0.1) is 0 Å². The minimum absolute atomic E-state index is 0.112. The Morgan fingerprint density at radius 2 is 1.86 bits per heavy atom. The fraction of sp³-hybridized carbons (Fsp3) is 0.0833. The first kappa shape index (κ1) is 9.44. The van der Waals surface area contributed by atoms with E-state index in [4.69, 9.17) is 0 Å². The Balaban J connectivity index is 1.92. The first-order valence-corrected chi connectivity index (χ1v) is 5.98. The summed E-state index contributed by atoms with van der Waals surface area (Å²) in [6.07, 6.45) is 6.22. The number of nitrogens with one attached hydrogen (secondary N) is 1. The zero-order valence-electron chi connectivity index (χ0n) is 7.89. The number of allylic oxidation sites excluding steroid dienone is 3. The highest BCUT2D eigenvalue weighted by molar-refractivity contribution is 8.16. The van der Waals surface area contributed by atoms with E-state index in [0.29, 0.717) is 0 Å². The van der Waals surface area contributed by atoms with Gasteiger partial charge in [-0.1, -0.05) is 59.2 Å². The molecule has 0 amide bonds. The van der Waals surface area contributed by atoms with Crippen molar-refractivity contribution in [1.82, 2.24) is 4.72 Å². The van der Waals surface area contributed by atoms with Crippen molar-refractivity contribution in [3.05, 3.63) is 59.5 Å². The fourth-order valence-electron chi connectivity index (χ4n) is 1.23. The normalized spacial score (nSPS) is 19.3. The molecule has 0 saturated carbocycles. The molecular weight excluding hydrogens is 190 g/mol. The van der Waals surface area contributed by atoms with E-state index < -0.39 is 0 Å². The van der Waals surface area contributed by atoms with Crippen molar-refractivity contribution in [2.75, 3.05) is 0 Å². The van der Waals surface area contributed by atoms with Crippen molar-refractivity contribution in [2.24, 2.45) is 0 Å². The second-order valence-corrected chi connectivity index (χ2v) is 4.60. The van der Waals surface area contributed by atoms with Crippen LogP contribution in [0.1, 0.15) is 5.56 Å². The lowest BCUT2D eigenvalue weighted by Crippen LogP contribution is -2.05. The zero-order chi connectivity index (χ0) is 9.64. The van der Waals surface area contributed by atoms with Crippen molar-refractivity contribution in [1.29, 1.82) is 0 Å². The molecular formula is C12H13NS. The Morgan fingerprint density at radius 3 is 2.57 bits per heavy atom. The van der Waals surface area contributed by atoms with Gasteiger partial charge in [-0.25, -0.2) is 0 Å². The Labute approximate surface area is 87.2 Å². The molecule has 1 aliphatic heterocycles. The molecule has 0 saturated heterocycles. The Bertz CT molecular complexity index is 377. The van der Waals surface area contributed by atoms with Gasteiger partial charge in [0.2, 0.25) is 0 Å². The average Bonchev–Trinajstić information content (AvgIpc) is 2.29. The minimum Gasteiger partial charge on any atom is -0.262 e. The lowest BCUT2D eigenvalue weighted by atomic mass is 10.2. The fourth-order valence-corrected chi connectivity index (χ4v) is 2.36. The Morgan fingerprint density at radius 1 is 1.00 bits per heavy atom. The molecule has 1 heterocycles. The number of hydrogen-bond acceptors (Lipinski definition) is 1. The third-order valence-corrected chi connectivity index (χ3v) is 3.34. The van der Waals surface area contributed by atoms with Crippen LogP contribution in [0.5, 0.6) is 0 Å². The first-order chi connectivity index (χ1) is 6.95. The summed E-state index contributed by atoms with van der Waals surface area (Å²) < 4.78 is 3.47. The minimum atomic E-state index is 0.112. The molecule has 14 heavy (non-hydrogen) atoms. The molecule has 1 N–H and O–H groups in total. The van der Waals surface area contributed by atoms with Crippen LogP contribution in [-0.2, 0) is 6.54 Å². The average molecular weight is 203 g/mol. The molecule has 0 radical (unpaired) electrons. The van der Waals surface area contributed by atoms with Gasteiger partial charge in [0.25, 0.3) is 0 Å². The lowest BCUT2D eigenvalue weighted by Gasteiger charge is -2.07. The van der Waals surface area contributed by atoms with Crippen molar-refractivity contribution in [3.8, 4) is 0 Å². The molecule has 0 aliphatic carbocycles. The van der Waals surface area contributed by atoms with E-state index >= 15 is 0 Å². The van der Waals surface area contributed by atoms with Crippen molar-refractivity contribution >= 4 is 16.0 Å². The highest BCUT2D eigenvalue weighted by Crippen LogP contribution is 2.12. The summed E-state index contributed by atoms with van der Waals surface area (Å²) in [6.45, 7) is 0.929. The third kappa shape index (κ3) is 2.69. The highest BCUT2D eigenvalue weighted by Gasteiger charge is 1.92. The van der Waals surface area contributed by atoms with Crippen molar-refractivity contribution in [3.63, 3.8) is 0 Å². The summed E-state index contributed by atoms with van der Waals surface area (Å²) in [5.74, 6) is 0. The van der Waals surface area contributed by atoms with Gasteiger partial charge in [0.15, 0.2) is 0 Å². The first-order valence-electron chi connectivity index (χ1n) is 4.63. The summed E-state index contributed by atoms with van der Waals surface area (Å²) in [7, 11) is 0.112. The molecule has 72 valence electrons. The monoisotopic (exact) mass is 203 g/mol. The van der Waals surface area contributed by atoms with Crippen molar-refractivity contribution < 1.29 is 0 Å². The molecule has 0 spiro atoms. The maximum atomic E-state index is 3.47. The highest BCUT2D eigenvalue weighted by atomic mass is 32.2.